The van der Waals surface area contributed by atoms with Gasteiger partial charge in [0.05, 0.1) is 5.56 Å². The first-order valence-electron chi connectivity index (χ1n) is 11.5. The van der Waals surface area contributed by atoms with E-state index in [1.807, 2.05) is 42.5 Å². The van der Waals surface area contributed by atoms with Gasteiger partial charge in [0.1, 0.15) is 19.0 Å². The highest BCUT2D eigenvalue weighted by atomic mass is 16.5. The number of carbonyl (C=O) groups excluding carboxylic acids is 3. The van der Waals surface area contributed by atoms with Crippen LogP contribution in [0.1, 0.15) is 21.5 Å². The van der Waals surface area contributed by atoms with Crippen LogP contribution in [0.5, 0.6) is 5.75 Å². The Morgan fingerprint density at radius 3 is 1.81 bits per heavy atom. The molecule has 37 heavy (non-hydrogen) atoms. The lowest BCUT2D eigenvalue weighted by molar-refractivity contribution is -0.139. The molecule has 0 fully saturated rings. The molecular weight excluding hydrogens is 468 g/mol. The van der Waals surface area contributed by atoms with Gasteiger partial charge in [0.15, 0.2) is 0 Å². The summed E-state index contributed by atoms with van der Waals surface area (Å²) in [6, 6.07) is 25.9. The molecule has 0 aliphatic rings. The first kappa shape index (κ1) is 25.1. The van der Waals surface area contributed by atoms with Gasteiger partial charge in [-0.1, -0.05) is 61.7 Å². The molecule has 0 spiro atoms. The van der Waals surface area contributed by atoms with Gasteiger partial charge in [-0.3, -0.25) is 0 Å². The van der Waals surface area contributed by atoms with E-state index >= 15 is 0 Å². The topological polar surface area (TPSA) is 78.9 Å². The van der Waals surface area contributed by atoms with Crippen molar-refractivity contribution in [2.75, 3.05) is 0 Å². The Labute approximate surface area is 214 Å². The highest BCUT2D eigenvalue weighted by Gasteiger charge is 2.10. The second-order valence-electron chi connectivity index (χ2n) is 8.13. The smallest absolute Gasteiger partial charge is 0.343 e. The van der Waals surface area contributed by atoms with Crippen LogP contribution >= 0.6 is 0 Å². The number of fused-ring (bicyclic) bond motifs is 1. The van der Waals surface area contributed by atoms with E-state index in [2.05, 4.69) is 19.2 Å². The van der Waals surface area contributed by atoms with Gasteiger partial charge in [0, 0.05) is 12.2 Å². The summed E-state index contributed by atoms with van der Waals surface area (Å²) in [4.78, 5) is 35.0. The predicted molar refractivity (Wildman–Crippen MR) is 141 cm³/mol. The second-order valence-corrected chi connectivity index (χ2v) is 8.13. The molecule has 6 heteroatoms. The van der Waals surface area contributed by atoms with Crippen molar-refractivity contribution >= 4 is 28.7 Å². The number of hydrogen-bond donors (Lipinski definition) is 0. The van der Waals surface area contributed by atoms with Crippen molar-refractivity contribution < 1.29 is 28.6 Å². The lowest BCUT2D eigenvalue weighted by atomic mass is 9.99. The number of ether oxygens (including phenoxy) is 3. The molecule has 0 amide bonds. The third-order valence-corrected chi connectivity index (χ3v) is 5.59. The van der Waals surface area contributed by atoms with E-state index in [-0.39, 0.29) is 13.2 Å². The Morgan fingerprint density at radius 2 is 1.16 bits per heavy atom. The van der Waals surface area contributed by atoms with Crippen LogP contribution in [0.3, 0.4) is 0 Å². The summed E-state index contributed by atoms with van der Waals surface area (Å²) in [7, 11) is 0. The molecule has 184 valence electrons. The molecule has 4 aromatic carbocycles. The number of hydrogen-bond acceptors (Lipinski definition) is 6. The monoisotopic (exact) mass is 492 g/mol. The molecule has 0 heterocycles. The minimum absolute atomic E-state index is 0.113. The molecular formula is C31H24O6. The van der Waals surface area contributed by atoms with Gasteiger partial charge in [-0.15, -0.1) is 0 Å². The summed E-state index contributed by atoms with van der Waals surface area (Å²) in [5.41, 5.74) is 4.05. The Morgan fingerprint density at radius 1 is 0.622 bits per heavy atom. The first-order valence-corrected chi connectivity index (χ1v) is 11.5. The molecule has 4 aromatic rings. The van der Waals surface area contributed by atoms with E-state index in [0.717, 1.165) is 45.2 Å². The average molecular weight is 493 g/mol. The van der Waals surface area contributed by atoms with Gasteiger partial charge >= 0.3 is 17.9 Å². The van der Waals surface area contributed by atoms with Gasteiger partial charge in [-0.2, -0.15) is 0 Å². The van der Waals surface area contributed by atoms with Crippen molar-refractivity contribution in [3.05, 3.63) is 127 Å². The van der Waals surface area contributed by atoms with Crippen LogP contribution in [0.2, 0.25) is 0 Å². The van der Waals surface area contributed by atoms with E-state index in [0.29, 0.717) is 11.3 Å². The lowest BCUT2D eigenvalue weighted by Gasteiger charge is -2.09. The lowest BCUT2D eigenvalue weighted by Crippen LogP contribution is -2.08. The summed E-state index contributed by atoms with van der Waals surface area (Å²) >= 11 is 0. The van der Waals surface area contributed by atoms with E-state index in [4.69, 9.17) is 14.2 Å². The van der Waals surface area contributed by atoms with E-state index in [1.54, 1.807) is 36.4 Å². The predicted octanol–water partition coefficient (Wildman–Crippen LogP) is 6.18. The summed E-state index contributed by atoms with van der Waals surface area (Å²) in [5, 5.41) is 2.07. The Bertz CT molecular complexity index is 1470. The zero-order valence-electron chi connectivity index (χ0n) is 20.0. The molecule has 0 N–H and O–H groups in total. The third kappa shape index (κ3) is 6.58. The summed E-state index contributed by atoms with van der Waals surface area (Å²) in [6.45, 7) is 7.05. The maximum absolute atomic E-state index is 12.6. The Kier molecular flexibility index (Phi) is 7.91. The van der Waals surface area contributed by atoms with Crippen LogP contribution in [-0.2, 0) is 32.3 Å². The van der Waals surface area contributed by atoms with E-state index in [9.17, 15) is 14.4 Å². The average Bonchev–Trinajstić information content (AvgIpc) is 2.95. The second kappa shape index (κ2) is 11.6. The molecule has 4 rings (SSSR count). The zero-order chi connectivity index (χ0) is 26.2. The van der Waals surface area contributed by atoms with Crippen LogP contribution in [0.15, 0.2) is 110 Å². The maximum atomic E-state index is 12.6. The van der Waals surface area contributed by atoms with Gasteiger partial charge in [-0.05, 0) is 69.4 Å². The molecule has 0 aliphatic heterocycles. The highest BCUT2D eigenvalue weighted by Crippen LogP contribution is 2.26. The van der Waals surface area contributed by atoms with E-state index in [1.165, 1.54) is 0 Å². The molecule has 0 aromatic heterocycles. The number of carbonyl (C=O) groups is 3. The molecule has 6 nitrogen and oxygen atoms in total. The highest BCUT2D eigenvalue weighted by molar-refractivity contribution is 5.92. The number of benzene rings is 4. The zero-order valence-corrected chi connectivity index (χ0v) is 20.0. The summed E-state index contributed by atoms with van der Waals surface area (Å²) in [5.74, 6) is -1.04. The van der Waals surface area contributed by atoms with Gasteiger partial charge in [0.25, 0.3) is 0 Å². The van der Waals surface area contributed by atoms with Crippen molar-refractivity contribution in [3.63, 3.8) is 0 Å². The number of rotatable bonds is 9. The molecule has 0 bridgehead atoms. The van der Waals surface area contributed by atoms with Crippen LogP contribution in [0.25, 0.3) is 21.9 Å². The van der Waals surface area contributed by atoms with Crippen LogP contribution in [-0.4, -0.2) is 17.9 Å². The minimum Gasteiger partial charge on any atom is -0.458 e. The van der Waals surface area contributed by atoms with Gasteiger partial charge < -0.3 is 14.2 Å². The minimum atomic E-state index is -0.500. The van der Waals surface area contributed by atoms with Crippen LogP contribution in [0.4, 0.5) is 0 Å². The van der Waals surface area contributed by atoms with Crippen molar-refractivity contribution in [1.29, 1.82) is 0 Å². The molecule has 0 unspecified atom stereocenters. The molecule has 0 aliphatic carbocycles. The fraction of sp³-hybridized carbons (Fsp3) is 0.0645. The van der Waals surface area contributed by atoms with Crippen molar-refractivity contribution in [2.45, 2.75) is 13.2 Å². The van der Waals surface area contributed by atoms with Crippen molar-refractivity contribution in [2.24, 2.45) is 0 Å². The van der Waals surface area contributed by atoms with Crippen LogP contribution in [0, 0.1) is 0 Å². The normalized spacial score (nSPS) is 10.4. The molecule has 0 radical (unpaired) electrons. The van der Waals surface area contributed by atoms with Gasteiger partial charge in [-0.25, -0.2) is 14.4 Å². The Hall–Kier alpha value is -4.97. The van der Waals surface area contributed by atoms with Gasteiger partial charge in [0.2, 0.25) is 0 Å². The van der Waals surface area contributed by atoms with Crippen molar-refractivity contribution in [3.8, 4) is 16.9 Å². The molecule has 0 saturated heterocycles. The summed E-state index contributed by atoms with van der Waals surface area (Å²) in [6.07, 6.45) is 2.24. The first-order chi connectivity index (χ1) is 17.9. The Balaban J connectivity index is 1.40. The standard InChI is InChI=1S/C31H24O6/c1-3-29(32)35-19-21-6-15-28(16-7-21)37-31(34)24-11-9-23(10-12-24)26-14-13-25-17-22(5-8-27(25)18-26)20-36-30(33)4-2/h3-18H,1-2,19-20H2. The molecule has 0 atom stereocenters. The summed E-state index contributed by atoms with van der Waals surface area (Å²) < 4.78 is 15.5. The van der Waals surface area contributed by atoms with Crippen molar-refractivity contribution in [1.82, 2.24) is 0 Å². The molecule has 0 saturated carbocycles. The number of esters is 3. The third-order valence-electron chi connectivity index (χ3n) is 5.59. The van der Waals surface area contributed by atoms with E-state index < -0.39 is 17.9 Å². The quantitative estimate of drug-likeness (QED) is 0.158. The van der Waals surface area contributed by atoms with Crippen LogP contribution < -0.4 is 4.74 Å². The SMILES string of the molecule is C=CC(=O)OCc1ccc(OC(=O)c2ccc(-c3ccc4cc(COC(=O)C=C)ccc4c3)cc2)cc1. The largest absolute Gasteiger partial charge is 0.458 e. The maximum Gasteiger partial charge on any atom is 0.343 e. The fourth-order valence-electron chi connectivity index (χ4n) is 3.61. The fourth-order valence-corrected chi connectivity index (χ4v) is 3.61.